The molecule has 1 aromatic heterocycles. The number of hydrogen-bond acceptors (Lipinski definition) is 5. The molecule has 0 bridgehead atoms. The van der Waals surface area contributed by atoms with Gasteiger partial charge in [-0.1, -0.05) is 31.1 Å². The van der Waals surface area contributed by atoms with Crippen molar-refractivity contribution in [1.82, 2.24) is 10.1 Å². The van der Waals surface area contributed by atoms with Crippen molar-refractivity contribution in [2.75, 3.05) is 10.6 Å². The van der Waals surface area contributed by atoms with E-state index in [1.807, 2.05) is 13.8 Å². The van der Waals surface area contributed by atoms with Crippen LogP contribution in [0.3, 0.4) is 0 Å². The van der Waals surface area contributed by atoms with Gasteiger partial charge in [0.2, 0.25) is 11.8 Å². The minimum absolute atomic E-state index is 0.0670. The minimum atomic E-state index is -4.81. The number of nitrogens with one attached hydrogen (secondary N) is 2. The number of rotatable bonds is 8. The second-order valence-electron chi connectivity index (χ2n) is 7.79. The molecule has 0 radical (unpaired) electrons. The van der Waals surface area contributed by atoms with E-state index in [0.717, 1.165) is 12.1 Å². The van der Waals surface area contributed by atoms with Gasteiger partial charge < -0.3 is 15.2 Å². The monoisotopic (exact) mass is 478 g/mol. The smallest absolute Gasteiger partial charge is 0.339 e. The molecule has 1 heterocycles. The highest BCUT2D eigenvalue weighted by Crippen LogP contribution is 2.37. The van der Waals surface area contributed by atoms with E-state index >= 15 is 0 Å². The first-order chi connectivity index (χ1) is 16.0. The molecular weight excluding hydrogens is 456 g/mol. The van der Waals surface area contributed by atoms with E-state index in [9.17, 15) is 27.2 Å². The molecule has 11 heteroatoms. The molecule has 3 rings (SSSR count). The fourth-order valence-corrected chi connectivity index (χ4v) is 3.03. The average Bonchev–Trinajstić information content (AvgIpc) is 3.23. The summed E-state index contributed by atoms with van der Waals surface area (Å²) in [6.45, 7) is 3.80. The van der Waals surface area contributed by atoms with Crippen LogP contribution in [0.15, 0.2) is 47.0 Å². The fourth-order valence-electron chi connectivity index (χ4n) is 3.03. The Morgan fingerprint density at radius 3 is 2.47 bits per heavy atom. The molecular formula is C23H22F4N4O3. The predicted molar refractivity (Wildman–Crippen MR) is 116 cm³/mol. The summed E-state index contributed by atoms with van der Waals surface area (Å²) in [7, 11) is 0. The molecule has 0 atom stereocenters. The topological polar surface area (TPSA) is 97.1 Å². The Kier molecular flexibility index (Phi) is 7.64. The second kappa shape index (κ2) is 10.4. The van der Waals surface area contributed by atoms with Gasteiger partial charge in [0.15, 0.2) is 5.82 Å². The number of hydrogen-bond donors (Lipinski definition) is 2. The first kappa shape index (κ1) is 24.9. The zero-order valence-corrected chi connectivity index (χ0v) is 18.4. The summed E-state index contributed by atoms with van der Waals surface area (Å²) in [5, 5.41) is 8.30. The van der Waals surface area contributed by atoms with Crippen LogP contribution >= 0.6 is 0 Å². The van der Waals surface area contributed by atoms with Gasteiger partial charge in [-0.15, -0.1) is 0 Å². The summed E-state index contributed by atoms with van der Waals surface area (Å²) in [5.41, 5.74) is -2.11. The third kappa shape index (κ3) is 6.40. The Morgan fingerprint density at radius 1 is 1.09 bits per heavy atom. The SMILES string of the molecule is CC(C)c1noc(CCCC(=O)Nc2ccc(NC(=O)c3ccccc3F)cc2C(F)(F)F)n1. The van der Waals surface area contributed by atoms with Crippen molar-refractivity contribution in [3.05, 3.63) is 71.1 Å². The molecule has 0 saturated carbocycles. The van der Waals surface area contributed by atoms with Gasteiger partial charge in [-0.2, -0.15) is 18.2 Å². The average molecular weight is 478 g/mol. The van der Waals surface area contributed by atoms with Crippen LogP contribution in [0.2, 0.25) is 0 Å². The molecule has 2 amide bonds. The molecule has 0 aliphatic carbocycles. The molecule has 7 nitrogen and oxygen atoms in total. The number of aryl methyl sites for hydroxylation is 1. The summed E-state index contributed by atoms with van der Waals surface area (Å²) in [5.74, 6) is -1.36. The minimum Gasteiger partial charge on any atom is -0.339 e. The third-order valence-electron chi connectivity index (χ3n) is 4.77. The lowest BCUT2D eigenvalue weighted by atomic mass is 10.1. The van der Waals surface area contributed by atoms with Crippen molar-refractivity contribution in [3.8, 4) is 0 Å². The Hall–Kier alpha value is -3.76. The first-order valence-corrected chi connectivity index (χ1v) is 10.4. The third-order valence-corrected chi connectivity index (χ3v) is 4.77. The van der Waals surface area contributed by atoms with Crippen LogP contribution in [0.4, 0.5) is 28.9 Å². The number of halogens is 4. The number of alkyl halides is 3. The molecule has 0 fully saturated rings. The lowest BCUT2D eigenvalue weighted by Gasteiger charge is -2.16. The van der Waals surface area contributed by atoms with Crippen molar-refractivity contribution >= 4 is 23.2 Å². The molecule has 0 saturated heterocycles. The molecule has 0 aliphatic rings. The summed E-state index contributed by atoms with van der Waals surface area (Å²) < 4.78 is 59.6. The fraction of sp³-hybridized carbons (Fsp3) is 0.304. The van der Waals surface area contributed by atoms with Crippen molar-refractivity contribution in [2.24, 2.45) is 0 Å². The summed E-state index contributed by atoms with van der Waals surface area (Å²) in [6, 6.07) is 7.99. The quantitative estimate of drug-likeness (QED) is 0.413. The van der Waals surface area contributed by atoms with E-state index < -0.39 is 35.1 Å². The maximum absolute atomic E-state index is 13.8. The van der Waals surface area contributed by atoms with Crippen LogP contribution in [-0.4, -0.2) is 22.0 Å². The molecule has 34 heavy (non-hydrogen) atoms. The normalized spacial score (nSPS) is 11.5. The van der Waals surface area contributed by atoms with Crippen molar-refractivity contribution in [2.45, 2.75) is 45.2 Å². The van der Waals surface area contributed by atoms with Gasteiger partial charge in [0, 0.05) is 24.4 Å². The molecule has 3 aromatic rings. The lowest BCUT2D eigenvalue weighted by Crippen LogP contribution is -2.18. The van der Waals surface area contributed by atoms with Gasteiger partial charge in [-0.3, -0.25) is 9.59 Å². The van der Waals surface area contributed by atoms with Crippen LogP contribution in [0, 0.1) is 5.82 Å². The Labute approximate surface area is 192 Å². The van der Waals surface area contributed by atoms with E-state index in [-0.39, 0.29) is 23.6 Å². The van der Waals surface area contributed by atoms with Crippen molar-refractivity contribution in [1.29, 1.82) is 0 Å². The van der Waals surface area contributed by atoms with Crippen LogP contribution < -0.4 is 10.6 Å². The van der Waals surface area contributed by atoms with Gasteiger partial charge in [0.1, 0.15) is 5.82 Å². The highest BCUT2D eigenvalue weighted by Gasteiger charge is 2.34. The van der Waals surface area contributed by atoms with Gasteiger partial charge in [0.25, 0.3) is 5.91 Å². The molecule has 180 valence electrons. The molecule has 0 spiro atoms. The van der Waals surface area contributed by atoms with Gasteiger partial charge in [-0.05, 0) is 36.8 Å². The molecule has 2 aromatic carbocycles. The second-order valence-corrected chi connectivity index (χ2v) is 7.79. The van der Waals surface area contributed by atoms with E-state index in [0.29, 0.717) is 30.6 Å². The number of carbonyl (C=O) groups excluding carboxylic acids is 2. The summed E-state index contributed by atoms with van der Waals surface area (Å²) >= 11 is 0. The number of anilines is 2. The number of benzene rings is 2. The number of aromatic nitrogens is 2. The van der Waals surface area contributed by atoms with Crippen LogP contribution in [0.25, 0.3) is 0 Å². The summed E-state index contributed by atoms with van der Waals surface area (Å²) in [4.78, 5) is 28.6. The van der Waals surface area contributed by atoms with Gasteiger partial charge >= 0.3 is 6.18 Å². The van der Waals surface area contributed by atoms with E-state index in [2.05, 4.69) is 20.8 Å². The lowest BCUT2D eigenvalue weighted by molar-refractivity contribution is -0.136. The highest BCUT2D eigenvalue weighted by molar-refractivity contribution is 6.04. The predicted octanol–water partition coefficient (Wildman–Crippen LogP) is 5.56. The maximum atomic E-state index is 13.8. The Bertz CT molecular complexity index is 1180. The van der Waals surface area contributed by atoms with Crippen molar-refractivity contribution < 1.29 is 31.7 Å². The Balaban J connectivity index is 1.65. The number of carbonyl (C=O) groups is 2. The molecule has 0 aliphatic heterocycles. The van der Waals surface area contributed by atoms with E-state index in [1.165, 1.54) is 24.3 Å². The number of amides is 2. The van der Waals surface area contributed by atoms with Crippen LogP contribution in [0.1, 0.15) is 60.2 Å². The van der Waals surface area contributed by atoms with Crippen LogP contribution in [-0.2, 0) is 17.4 Å². The zero-order valence-electron chi connectivity index (χ0n) is 18.4. The standard InChI is InChI=1S/C23H22F4N4O3/c1-13(2)21-30-20(34-31-21)9-5-8-19(32)29-18-11-10-14(12-16(18)23(25,26)27)28-22(33)15-6-3-4-7-17(15)24/h3-4,6-7,10-13H,5,8-9H2,1-2H3,(H,28,33)(H,29,32). The molecule has 2 N–H and O–H groups in total. The molecule has 0 unspecified atom stereocenters. The van der Waals surface area contributed by atoms with Gasteiger partial charge in [0.05, 0.1) is 16.8 Å². The van der Waals surface area contributed by atoms with Crippen molar-refractivity contribution in [3.63, 3.8) is 0 Å². The summed E-state index contributed by atoms with van der Waals surface area (Å²) in [6.07, 6.45) is -4.27. The Morgan fingerprint density at radius 2 is 1.82 bits per heavy atom. The van der Waals surface area contributed by atoms with E-state index in [4.69, 9.17) is 4.52 Å². The first-order valence-electron chi connectivity index (χ1n) is 10.4. The largest absolute Gasteiger partial charge is 0.418 e. The van der Waals surface area contributed by atoms with Gasteiger partial charge in [-0.25, -0.2) is 4.39 Å². The highest BCUT2D eigenvalue weighted by atomic mass is 19.4. The zero-order chi connectivity index (χ0) is 24.9. The number of nitrogens with zero attached hydrogens (tertiary/aromatic N) is 2. The van der Waals surface area contributed by atoms with E-state index in [1.54, 1.807) is 0 Å². The van der Waals surface area contributed by atoms with Crippen LogP contribution in [0.5, 0.6) is 0 Å². The maximum Gasteiger partial charge on any atom is 0.418 e.